The molecule has 0 aliphatic rings. The van der Waals surface area contributed by atoms with Crippen LogP contribution in [0.5, 0.6) is 0 Å². The predicted octanol–water partition coefficient (Wildman–Crippen LogP) is 2.45. The Labute approximate surface area is 105 Å². The van der Waals surface area contributed by atoms with E-state index in [2.05, 4.69) is 4.98 Å². The van der Waals surface area contributed by atoms with Crippen LogP contribution >= 0.6 is 0 Å². The molecule has 0 unspecified atom stereocenters. The predicted molar refractivity (Wildman–Crippen MR) is 60.9 cm³/mol. The quantitative estimate of drug-likeness (QED) is 0.877. The van der Waals surface area contributed by atoms with Crippen LogP contribution in [0.2, 0.25) is 0 Å². The van der Waals surface area contributed by atoms with Crippen LogP contribution in [0.25, 0.3) is 11.1 Å². The van der Waals surface area contributed by atoms with Gasteiger partial charge in [0, 0.05) is 17.7 Å². The molecule has 2 rings (SSSR count). The third kappa shape index (κ3) is 2.35. The molecule has 0 spiro atoms. The Morgan fingerprint density at radius 2 is 1.74 bits per heavy atom. The van der Waals surface area contributed by atoms with Crippen LogP contribution in [0.1, 0.15) is 10.5 Å². The van der Waals surface area contributed by atoms with Crippen LogP contribution in [-0.2, 0) is 0 Å². The molecule has 7 heteroatoms. The lowest BCUT2D eigenvalue weighted by molar-refractivity contribution is 0.0691. The topological polar surface area (TPSA) is 76.2 Å². The van der Waals surface area contributed by atoms with Gasteiger partial charge in [-0.25, -0.2) is 22.9 Å². The van der Waals surface area contributed by atoms with Gasteiger partial charge in [-0.3, -0.25) is 0 Å². The van der Waals surface area contributed by atoms with E-state index in [0.29, 0.717) is 12.1 Å². The van der Waals surface area contributed by atoms with Gasteiger partial charge in [0.2, 0.25) is 0 Å². The lowest BCUT2D eigenvalue weighted by atomic mass is 10.0. The van der Waals surface area contributed by atoms with Gasteiger partial charge in [-0.1, -0.05) is 0 Å². The number of carboxylic acid groups (broad SMARTS) is 1. The average Bonchev–Trinajstić information content (AvgIpc) is 2.29. The van der Waals surface area contributed by atoms with Crippen LogP contribution in [0.15, 0.2) is 24.3 Å². The number of nitrogens with zero attached hydrogens (tertiary/aromatic N) is 1. The Hall–Kier alpha value is -2.57. The molecule has 4 nitrogen and oxygen atoms in total. The van der Waals surface area contributed by atoms with E-state index in [1.807, 2.05) is 0 Å². The summed E-state index contributed by atoms with van der Waals surface area (Å²) in [6, 6.07) is 3.23. The van der Waals surface area contributed by atoms with Gasteiger partial charge < -0.3 is 10.8 Å². The number of aromatic nitrogens is 1. The smallest absolute Gasteiger partial charge is 0.355 e. The van der Waals surface area contributed by atoms with Crippen molar-refractivity contribution in [2.45, 2.75) is 0 Å². The standard InChI is InChI=1S/C12H7F3N2O2/c13-5-3-7(14)10(8(15)4-5)6-1-2-9(16)17-11(6)12(18)19/h1-4H,(H2,16,17)(H,18,19). The first-order valence-electron chi connectivity index (χ1n) is 5.05. The van der Waals surface area contributed by atoms with E-state index in [1.54, 1.807) is 0 Å². The fourth-order valence-electron chi connectivity index (χ4n) is 1.64. The highest BCUT2D eigenvalue weighted by molar-refractivity contribution is 5.94. The van der Waals surface area contributed by atoms with Gasteiger partial charge in [0.05, 0.1) is 5.56 Å². The van der Waals surface area contributed by atoms with E-state index in [0.717, 1.165) is 6.07 Å². The first-order valence-corrected chi connectivity index (χ1v) is 5.05. The molecule has 2 aromatic rings. The van der Waals surface area contributed by atoms with Gasteiger partial charge in [-0.2, -0.15) is 0 Å². The van der Waals surface area contributed by atoms with Gasteiger partial charge in [0.25, 0.3) is 0 Å². The zero-order chi connectivity index (χ0) is 14.2. The SMILES string of the molecule is Nc1ccc(-c2c(F)cc(F)cc2F)c(C(=O)O)n1. The van der Waals surface area contributed by atoms with E-state index >= 15 is 0 Å². The first-order chi connectivity index (χ1) is 8.90. The molecule has 0 saturated heterocycles. The van der Waals surface area contributed by atoms with Crippen molar-refractivity contribution in [1.82, 2.24) is 4.98 Å². The summed E-state index contributed by atoms with van der Waals surface area (Å²) < 4.78 is 40.0. The van der Waals surface area contributed by atoms with Crippen LogP contribution in [0.3, 0.4) is 0 Å². The lowest BCUT2D eigenvalue weighted by Gasteiger charge is -2.08. The molecular weight excluding hydrogens is 261 g/mol. The highest BCUT2D eigenvalue weighted by Gasteiger charge is 2.21. The van der Waals surface area contributed by atoms with E-state index < -0.39 is 34.7 Å². The average molecular weight is 268 g/mol. The zero-order valence-corrected chi connectivity index (χ0v) is 9.32. The number of hydrogen-bond acceptors (Lipinski definition) is 3. The maximum absolute atomic E-state index is 13.6. The minimum absolute atomic E-state index is 0.107. The molecule has 19 heavy (non-hydrogen) atoms. The summed E-state index contributed by atoms with van der Waals surface area (Å²) in [7, 11) is 0. The van der Waals surface area contributed by atoms with Gasteiger partial charge >= 0.3 is 5.97 Å². The van der Waals surface area contributed by atoms with Crippen LogP contribution < -0.4 is 5.73 Å². The minimum atomic E-state index is -1.49. The Morgan fingerprint density at radius 1 is 1.16 bits per heavy atom. The molecule has 0 saturated carbocycles. The van der Waals surface area contributed by atoms with Gasteiger partial charge in [0.15, 0.2) is 5.69 Å². The van der Waals surface area contributed by atoms with Crippen LogP contribution in [-0.4, -0.2) is 16.1 Å². The number of hydrogen-bond donors (Lipinski definition) is 2. The lowest BCUT2D eigenvalue weighted by Crippen LogP contribution is -2.07. The molecule has 0 atom stereocenters. The highest BCUT2D eigenvalue weighted by atomic mass is 19.1. The summed E-state index contributed by atoms with van der Waals surface area (Å²) in [6.07, 6.45) is 0. The second kappa shape index (κ2) is 4.60. The summed E-state index contributed by atoms with van der Waals surface area (Å²) in [6.45, 7) is 0. The second-order valence-electron chi connectivity index (χ2n) is 3.68. The van der Waals surface area contributed by atoms with Crippen LogP contribution in [0, 0.1) is 17.5 Å². The van der Waals surface area contributed by atoms with E-state index in [9.17, 15) is 18.0 Å². The second-order valence-corrected chi connectivity index (χ2v) is 3.68. The number of anilines is 1. The molecule has 1 aromatic heterocycles. The number of nitrogens with two attached hydrogens (primary N) is 1. The van der Waals surface area contributed by atoms with Crippen molar-refractivity contribution in [2.24, 2.45) is 0 Å². The van der Waals surface area contributed by atoms with E-state index in [-0.39, 0.29) is 11.4 Å². The largest absolute Gasteiger partial charge is 0.476 e. The molecule has 0 amide bonds. The van der Waals surface area contributed by atoms with Crippen molar-refractivity contribution >= 4 is 11.8 Å². The molecule has 98 valence electrons. The van der Waals surface area contributed by atoms with Crippen molar-refractivity contribution in [3.05, 3.63) is 47.4 Å². The van der Waals surface area contributed by atoms with Crippen molar-refractivity contribution in [1.29, 1.82) is 0 Å². The highest BCUT2D eigenvalue weighted by Crippen LogP contribution is 2.29. The maximum atomic E-state index is 13.6. The van der Waals surface area contributed by atoms with Crippen LogP contribution in [0.4, 0.5) is 19.0 Å². The molecule has 0 fully saturated rings. The number of carboxylic acids is 1. The normalized spacial score (nSPS) is 10.5. The Morgan fingerprint density at radius 3 is 2.26 bits per heavy atom. The molecule has 1 heterocycles. The monoisotopic (exact) mass is 268 g/mol. The summed E-state index contributed by atoms with van der Waals surface area (Å²) in [5.41, 5.74) is 3.75. The summed E-state index contributed by atoms with van der Waals surface area (Å²) in [4.78, 5) is 14.5. The summed E-state index contributed by atoms with van der Waals surface area (Å²) >= 11 is 0. The molecule has 0 aliphatic carbocycles. The molecule has 1 aromatic carbocycles. The van der Waals surface area contributed by atoms with Gasteiger partial charge in [-0.05, 0) is 12.1 Å². The molecule has 0 bridgehead atoms. The molecule has 0 aliphatic heterocycles. The fourth-order valence-corrected chi connectivity index (χ4v) is 1.64. The summed E-state index contributed by atoms with van der Waals surface area (Å²) in [5, 5.41) is 8.95. The zero-order valence-electron chi connectivity index (χ0n) is 9.32. The van der Waals surface area contributed by atoms with Crippen molar-refractivity contribution in [2.75, 3.05) is 5.73 Å². The van der Waals surface area contributed by atoms with Crippen molar-refractivity contribution in [3.8, 4) is 11.1 Å². The number of nitrogen functional groups attached to an aromatic ring is 1. The minimum Gasteiger partial charge on any atom is -0.476 e. The Balaban J connectivity index is 2.76. The van der Waals surface area contributed by atoms with Crippen molar-refractivity contribution < 1.29 is 23.1 Å². The number of benzene rings is 1. The first kappa shape index (κ1) is 12.9. The molecular formula is C12H7F3N2O2. The summed E-state index contributed by atoms with van der Waals surface area (Å²) in [5.74, 6) is -5.13. The van der Waals surface area contributed by atoms with E-state index in [4.69, 9.17) is 10.8 Å². The Bertz CT molecular complexity index is 651. The maximum Gasteiger partial charge on any atom is 0.355 e. The number of carbonyl (C=O) groups is 1. The third-order valence-corrected chi connectivity index (χ3v) is 2.40. The number of pyridine rings is 1. The fraction of sp³-hybridized carbons (Fsp3) is 0. The Kier molecular flexibility index (Phi) is 3.12. The van der Waals surface area contributed by atoms with Gasteiger partial charge in [0.1, 0.15) is 23.3 Å². The number of rotatable bonds is 2. The van der Waals surface area contributed by atoms with Crippen molar-refractivity contribution in [3.63, 3.8) is 0 Å². The molecule has 0 radical (unpaired) electrons. The van der Waals surface area contributed by atoms with E-state index in [1.165, 1.54) is 6.07 Å². The molecule has 3 N–H and O–H groups in total. The number of halogens is 3. The van der Waals surface area contributed by atoms with Gasteiger partial charge in [-0.15, -0.1) is 0 Å². The number of aromatic carboxylic acids is 1. The third-order valence-electron chi connectivity index (χ3n) is 2.40.